The van der Waals surface area contributed by atoms with Crippen molar-refractivity contribution in [3.8, 4) is 17.1 Å². The van der Waals surface area contributed by atoms with Gasteiger partial charge in [0.15, 0.2) is 23.3 Å². The van der Waals surface area contributed by atoms with Crippen molar-refractivity contribution in [2.45, 2.75) is 13.1 Å². The minimum absolute atomic E-state index is 0.228. The number of halogens is 1. The number of hydrogen-bond donors (Lipinski definition) is 0. The summed E-state index contributed by atoms with van der Waals surface area (Å²) in [5, 5.41) is 0. The van der Waals surface area contributed by atoms with E-state index in [0.717, 1.165) is 50.1 Å². The number of benzene rings is 7. The average molecular weight is 783 g/mol. The van der Waals surface area contributed by atoms with Crippen molar-refractivity contribution in [3.63, 3.8) is 0 Å². The van der Waals surface area contributed by atoms with Crippen LogP contribution in [0.2, 0.25) is 0 Å². The molecule has 8 nitrogen and oxygen atoms in total. The molecule has 0 atom stereocenters. The van der Waals surface area contributed by atoms with Gasteiger partial charge in [-0.3, -0.25) is 14.6 Å². The lowest BCUT2D eigenvalue weighted by Crippen LogP contribution is -2.08. The van der Waals surface area contributed by atoms with Crippen molar-refractivity contribution < 1.29 is 4.39 Å². The predicted molar refractivity (Wildman–Crippen MR) is 245 cm³/mol. The largest absolute Gasteiger partial charge is 0.292 e. The van der Waals surface area contributed by atoms with Gasteiger partial charge in [0, 0.05) is 33.5 Å². The summed E-state index contributed by atoms with van der Waals surface area (Å²) in [5.41, 5.74) is 8.20. The SMILES string of the molecule is C=N/C(=N\C(=N/Cc1cc(C(/N=C(\N=C)c2ccccc2)=N/Cc2ccccc2)cc(-c2nc3ccccc3n2-c2ccc(F)cc2)c1)c1ccccc1)c1ccccc1. The molecule has 0 saturated carbocycles. The Balaban J connectivity index is 1.34. The number of amidine groups is 4. The third kappa shape index (κ3) is 9.06. The van der Waals surface area contributed by atoms with E-state index in [9.17, 15) is 4.39 Å². The Morgan fingerprint density at radius 3 is 1.53 bits per heavy atom. The molecule has 0 bridgehead atoms. The van der Waals surface area contributed by atoms with Crippen LogP contribution in [0.5, 0.6) is 0 Å². The quantitative estimate of drug-likeness (QED) is 0.100. The van der Waals surface area contributed by atoms with Crippen molar-refractivity contribution in [2.75, 3.05) is 0 Å². The van der Waals surface area contributed by atoms with Crippen LogP contribution >= 0.6 is 0 Å². The molecule has 60 heavy (non-hydrogen) atoms. The molecule has 7 aromatic carbocycles. The number of hydrogen-bond acceptors (Lipinski definition) is 3. The lowest BCUT2D eigenvalue weighted by molar-refractivity contribution is 0.627. The van der Waals surface area contributed by atoms with Crippen LogP contribution in [0.3, 0.4) is 0 Å². The van der Waals surface area contributed by atoms with Crippen molar-refractivity contribution in [2.24, 2.45) is 30.0 Å². The van der Waals surface area contributed by atoms with E-state index in [1.165, 1.54) is 12.1 Å². The number of para-hydroxylation sites is 2. The normalized spacial score (nSPS) is 12.4. The van der Waals surface area contributed by atoms with E-state index < -0.39 is 0 Å². The number of fused-ring (bicyclic) bond motifs is 1. The highest BCUT2D eigenvalue weighted by molar-refractivity contribution is 6.14. The monoisotopic (exact) mass is 782 g/mol. The molecule has 0 aliphatic heterocycles. The Kier molecular flexibility index (Phi) is 12.0. The van der Waals surface area contributed by atoms with E-state index >= 15 is 0 Å². The molecular formula is C51H39FN8. The molecule has 0 amide bonds. The average Bonchev–Trinajstić information content (AvgIpc) is 3.70. The fraction of sp³-hybridized carbons (Fsp3) is 0.0392. The van der Waals surface area contributed by atoms with Crippen molar-refractivity contribution in [1.82, 2.24) is 9.55 Å². The summed E-state index contributed by atoms with van der Waals surface area (Å²) in [5.74, 6) is 2.14. The maximum atomic E-state index is 14.3. The van der Waals surface area contributed by atoms with Crippen LogP contribution in [0.15, 0.2) is 218 Å². The third-order valence-corrected chi connectivity index (χ3v) is 9.64. The van der Waals surface area contributed by atoms with Crippen LogP contribution in [0.4, 0.5) is 4.39 Å². The standard InChI is InChI=1S/C51H39FN8/c1-53-47(38-19-9-4-10-20-38)58-49(40-23-13-6-14-24-40)56-35-37-31-41(50(55-34-36-17-7-3-8-18-36)59-48(54-2)39-21-11-5-12-22-39)33-42(32-37)51-57-45-25-15-16-26-46(45)60(51)44-29-27-43(52)28-30-44/h3-33H,1-2,34-35H2/b55-50-,56-49-,58-47-,59-48-. The molecule has 290 valence electrons. The van der Waals surface area contributed by atoms with Gasteiger partial charge in [0.25, 0.3) is 0 Å². The highest BCUT2D eigenvalue weighted by Crippen LogP contribution is 2.31. The van der Waals surface area contributed by atoms with E-state index in [1.54, 1.807) is 12.1 Å². The Hall–Kier alpha value is -8.04. The number of imidazole rings is 1. The summed E-state index contributed by atoms with van der Waals surface area (Å²) in [6.45, 7) is 8.29. The zero-order chi connectivity index (χ0) is 41.1. The van der Waals surface area contributed by atoms with Gasteiger partial charge in [0.2, 0.25) is 0 Å². The van der Waals surface area contributed by atoms with E-state index in [1.807, 2.05) is 162 Å². The van der Waals surface area contributed by atoms with Gasteiger partial charge in [-0.2, -0.15) is 0 Å². The summed E-state index contributed by atoms with van der Waals surface area (Å²) in [6, 6.07) is 59.6. The van der Waals surface area contributed by atoms with E-state index in [4.69, 9.17) is 25.0 Å². The molecular weight excluding hydrogens is 744 g/mol. The van der Waals surface area contributed by atoms with Gasteiger partial charge in [-0.25, -0.2) is 29.3 Å². The summed E-state index contributed by atoms with van der Waals surface area (Å²) < 4.78 is 16.3. The Morgan fingerprint density at radius 2 is 0.967 bits per heavy atom. The second-order valence-electron chi connectivity index (χ2n) is 13.7. The molecule has 0 fully saturated rings. The topological polar surface area (TPSA) is 92.0 Å². The molecule has 0 aliphatic carbocycles. The zero-order valence-corrected chi connectivity index (χ0v) is 32.7. The second kappa shape index (κ2) is 18.5. The molecule has 0 aliphatic rings. The summed E-state index contributed by atoms with van der Waals surface area (Å²) in [4.78, 5) is 34.1. The molecule has 8 aromatic rings. The minimum Gasteiger partial charge on any atom is -0.292 e. The first kappa shape index (κ1) is 38.8. The molecule has 0 radical (unpaired) electrons. The number of rotatable bonds is 10. The fourth-order valence-corrected chi connectivity index (χ4v) is 6.76. The fourth-order valence-electron chi connectivity index (χ4n) is 6.76. The van der Waals surface area contributed by atoms with E-state index in [-0.39, 0.29) is 12.4 Å². The first-order valence-electron chi connectivity index (χ1n) is 19.3. The van der Waals surface area contributed by atoms with Crippen LogP contribution in [0, 0.1) is 5.82 Å². The summed E-state index contributed by atoms with van der Waals surface area (Å²) >= 11 is 0. The van der Waals surface area contributed by atoms with E-state index in [2.05, 4.69) is 29.5 Å². The van der Waals surface area contributed by atoms with Crippen molar-refractivity contribution >= 4 is 47.8 Å². The van der Waals surface area contributed by atoms with Gasteiger partial charge >= 0.3 is 0 Å². The lowest BCUT2D eigenvalue weighted by atomic mass is 10.0. The zero-order valence-electron chi connectivity index (χ0n) is 32.7. The predicted octanol–water partition coefficient (Wildman–Crippen LogP) is 11.0. The summed E-state index contributed by atoms with van der Waals surface area (Å²) in [6.07, 6.45) is 0. The molecule has 0 spiro atoms. The molecule has 0 saturated heterocycles. The number of nitrogens with zero attached hydrogens (tertiary/aromatic N) is 8. The molecule has 1 heterocycles. The Labute approximate surface area is 348 Å². The van der Waals surface area contributed by atoms with Crippen LogP contribution in [-0.2, 0) is 13.1 Å². The second-order valence-corrected chi connectivity index (χ2v) is 13.7. The van der Waals surface area contributed by atoms with Gasteiger partial charge in [0.05, 0.1) is 24.1 Å². The van der Waals surface area contributed by atoms with Crippen LogP contribution in [-0.4, -0.2) is 46.3 Å². The first-order chi connectivity index (χ1) is 29.6. The maximum Gasteiger partial charge on any atom is 0.161 e. The van der Waals surface area contributed by atoms with E-state index in [0.29, 0.717) is 41.3 Å². The molecule has 9 heteroatoms. The van der Waals surface area contributed by atoms with Gasteiger partial charge in [-0.05, 0) is 79.2 Å². The highest BCUT2D eigenvalue weighted by Gasteiger charge is 2.18. The van der Waals surface area contributed by atoms with Crippen molar-refractivity contribution in [3.05, 3.63) is 227 Å². The van der Waals surface area contributed by atoms with Gasteiger partial charge in [-0.15, -0.1) is 0 Å². The molecule has 8 rings (SSSR count). The Morgan fingerprint density at radius 1 is 0.483 bits per heavy atom. The molecule has 0 unspecified atom stereocenters. The maximum absolute atomic E-state index is 14.3. The summed E-state index contributed by atoms with van der Waals surface area (Å²) in [7, 11) is 0. The van der Waals surface area contributed by atoms with Gasteiger partial charge in [-0.1, -0.05) is 133 Å². The minimum atomic E-state index is -0.326. The van der Waals surface area contributed by atoms with Gasteiger partial charge in [0.1, 0.15) is 11.6 Å². The third-order valence-electron chi connectivity index (χ3n) is 9.64. The smallest absolute Gasteiger partial charge is 0.161 e. The molecule has 0 N–H and O–H groups in total. The van der Waals surface area contributed by atoms with Gasteiger partial charge < -0.3 is 0 Å². The van der Waals surface area contributed by atoms with Crippen molar-refractivity contribution in [1.29, 1.82) is 0 Å². The molecule has 1 aromatic heterocycles. The number of aliphatic imine (C=N–C) groups is 6. The Bertz CT molecular complexity index is 2880. The number of aromatic nitrogens is 2. The van der Waals surface area contributed by atoms with Crippen LogP contribution < -0.4 is 0 Å². The lowest BCUT2D eigenvalue weighted by Gasteiger charge is -2.13. The van der Waals surface area contributed by atoms with Crippen LogP contribution in [0.1, 0.15) is 33.4 Å². The first-order valence-corrected chi connectivity index (χ1v) is 19.3. The van der Waals surface area contributed by atoms with Crippen LogP contribution in [0.25, 0.3) is 28.1 Å². The highest BCUT2D eigenvalue weighted by atomic mass is 19.1.